The van der Waals surface area contributed by atoms with Gasteiger partial charge < -0.3 is 14.7 Å². The maximum atomic E-state index is 12.3. The summed E-state index contributed by atoms with van der Waals surface area (Å²) in [5.41, 5.74) is 1.61. The molecule has 2 N–H and O–H groups in total. The molecule has 124 valence electrons. The Morgan fingerprint density at radius 3 is 3.17 bits per heavy atom. The predicted molar refractivity (Wildman–Crippen MR) is 87.7 cm³/mol. The van der Waals surface area contributed by atoms with Gasteiger partial charge in [0.1, 0.15) is 0 Å². The fraction of sp³-hybridized carbons (Fsp3) is 0.375. The number of anilines is 1. The molecule has 1 aromatic carbocycles. The summed E-state index contributed by atoms with van der Waals surface area (Å²) >= 11 is 0. The standard InChI is InChI=1S/C16H18N6O2/c1-22(8-7-14-19-15(24-21-14)10-5-6-10)16(23)18-12-3-2-4-13-11(12)9-17-20-13/h2-4,9-10H,5-8H2,1H3,(H,17,20)(H,18,23). The first-order valence-corrected chi connectivity index (χ1v) is 7.97. The molecule has 0 bridgehead atoms. The van der Waals surface area contributed by atoms with Crippen LogP contribution >= 0.6 is 0 Å². The van der Waals surface area contributed by atoms with Crippen LogP contribution in [0.5, 0.6) is 0 Å². The van der Waals surface area contributed by atoms with Gasteiger partial charge in [0, 0.05) is 31.3 Å². The second-order valence-electron chi connectivity index (χ2n) is 6.06. The van der Waals surface area contributed by atoms with E-state index in [0.29, 0.717) is 24.7 Å². The summed E-state index contributed by atoms with van der Waals surface area (Å²) in [5, 5.41) is 14.6. The van der Waals surface area contributed by atoms with Crippen LogP contribution in [-0.2, 0) is 6.42 Å². The van der Waals surface area contributed by atoms with Gasteiger partial charge in [0.2, 0.25) is 5.89 Å². The Bertz CT molecular complexity index is 866. The Kier molecular flexibility index (Phi) is 3.64. The predicted octanol–water partition coefficient (Wildman–Crippen LogP) is 2.53. The van der Waals surface area contributed by atoms with Crippen LogP contribution in [0.15, 0.2) is 28.9 Å². The molecule has 0 spiro atoms. The Labute approximate surface area is 138 Å². The van der Waals surface area contributed by atoms with Crippen molar-refractivity contribution in [3.05, 3.63) is 36.1 Å². The van der Waals surface area contributed by atoms with Crippen molar-refractivity contribution < 1.29 is 9.32 Å². The van der Waals surface area contributed by atoms with Gasteiger partial charge in [-0.3, -0.25) is 5.10 Å². The highest BCUT2D eigenvalue weighted by molar-refractivity contribution is 6.00. The smallest absolute Gasteiger partial charge is 0.321 e. The van der Waals surface area contributed by atoms with Crippen LogP contribution in [0.4, 0.5) is 10.5 Å². The van der Waals surface area contributed by atoms with Crippen LogP contribution < -0.4 is 5.32 Å². The number of carbonyl (C=O) groups is 1. The minimum atomic E-state index is -0.186. The second-order valence-corrected chi connectivity index (χ2v) is 6.06. The third-order valence-electron chi connectivity index (χ3n) is 4.15. The molecule has 0 unspecified atom stereocenters. The van der Waals surface area contributed by atoms with Crippen molar-refractivity contribution in [1.82, 2.24) is 25.2 Å². The zero-order chi connectivity index (χ0) is 16.5. The minimum absolute atomic E-state index is 0.186. The fourth-order valence-corrected chi connectivity index (χ4v) is 2.52. The van der Waals surface area contributed by atoms with E-state index in [9.17, 15) is 4.79 Å². The summed E-state index contributed by atoms with van der Waals surface area (Å²) in [6.07, 6.45) is 4.52. The van der Waals surface area contributed by atoms with Gasteiger partial charge in [-0.15, -0.1) is 0 Å². The molecule has 1 saturated carbocycles. The van der Waals surface area contributed by atoms with Crippen molar-refractivity contribution >= 4 is 22.6 Å². The molecule has 2 aromatic heterocycles. The number of fused-ring (bicyclic) bond motifs is 1. The number of urea groups is 1. The molecule has 2 heterocycles. The molecule has 0 saturated heterocycles. The number of rotatable bonds is 5. The second kappa shape index (κ2) is 5.95. The van der Waals surface area contributed by atoms with Crippen LogP contribution in [0.25, 0.3) is 10.9 Å². The van der Waals surface area contributed by atoms with Crippen molar-refractivity contribution in [1.29, 1.82) is 0 Å². The normalized spacial score (nSPS) is 14.0. The zero-order valence-electron chi connectivity index (χ0n) is 13.3. The SMILES string of the molecule is CN(CCc1noc(C2CC2)n1)C(=O)Nc1cccc2[nH]ncc12. The highest BCUT2D eigenvalue weighted by Crippen LogP contribution is 2.38. The van der Waals surface area contributed by atoms with Crippen LogP contribution in [0, 0.1) is 0 Å². The van der Waals surface area contributed by atoms with Gasteiger partial charge in [-0.2, -0.15) is 10.1 Å². The van der Waals surface area contributed by atoms with Crippen molar-refractivity contribution in [3.8, 4) is 0 Å². The molecule has 4 rings (SSSR count). The number of hydrogen-bond donors (Lipinski definition) is 2. The highest BCUT2D eigenvalue weighted by Gasteiger charge is 2.29. The lowest BCUT2D eigenvalue weighted by atomic mass is 10.2. The summed E-state index contributed by atoms with van der Waals surface area (Å²) in [5.74, 6) is 1.82. The Balaban J connectivity index is 1.36. The van der Waals surface area contributed by atoms with Crippen LogP contribution in [0.3, 0.4) is 0 Å². The van der Waals surface area contributed by atoms with Gasteiger partial charge in [0.15, 0.2) is 5.82 Å². The van der Waals surface area contributed by atoms with E-state index in [-0.39, 0.29) is 6.03 Å². The third-order valence-corrected chi connectivity index (χ3v) is 4.15. The maximum Gasteiger partial charge on any atom is 0.321 e. The number of nitrogens with zero attached hydrogens (tertiary/aromatic N) is 4. The van der Waals surface area contributed by atoms with Crippen molar-refractivity contribution in [2.24, 2.45) is 0 Å². The van der Waals surface area contributed by atoms with Crippen molar-refractivity contribution in [3.63, 3.8) is 0 Å². The van der Waals surface area contributed by atoms with E-state index in [0.717, 1.165) is 35.3 Å². The van der Waals surface area contributed by atoms with E-state index in [1.165, 1.54) is 0 Å². The molecule has 24 heavy (non-hydrogen) atoms. The quantitative estimate of drug-likeness (QED) is 0.750. The van der Waals surface area contributed by atoms with E-state index in [4.69, 9.17) is 4.52 Å². The van der Waals surface area contributed by atoms with Crippen LogP contribution in [-0.4, -0.2) is 44.9 Å². The summed E-state index contributed by atoms with van der Waals surface area (Å²) < 4.78 is 5.23. The van der Waals surface area contributed by atoms with Gasteiger partial charge in [-0.25, -0.2) is 4.79 Å². The zero-order valence-corrected chi connectivity index (χ0v) is 13.3. The fourth-order valence-electron chi connectivity index (χ4n) is 2.52. The number of aromatic nitrogens is 4. The molecule has 1 aliphatic rings. The number of likely N-dealkylation sites (N-methyl/N-ethyl adjacent to an activating group) is 1. The number of aromatic amines is 1. The minimum Gasteiger partial charge on any atom is -0.339 e. The van der Waals surface area contributed by atoms with E-state index in [1.807, 2.05) is 18.2 Å². The third kappa shape index (κ3) is 2.94. The van der Waals surface area contributed by atoms with Gasteiger partial charge in [-0.1, -0.05) is 11.2 Å². The lowest BCUT2D eigenvalue weighted by molar-refractivity contribution is 0.222. The molecular formula is C16H18N6O2. The summed E-state index contributed by atoms with van der Waals surface area (Å²) in [7, 11) is 1.74. The van der Waals surface area contributed by atoms with Gasteiger partial charge in [0.25, 0.3) is 0 Å². The molecule has 3 aromatic rings. The average molecular weight is 326 g/mol. The number of hydrogen-bond acceptors (Lipinski definition) is 5. The first-order chi connectivity index (χ1) is 11.7. The topological polar surface area (TPSA) is 99.9 Å². The van der Waals surface area contributed by atoms with Gasteiger partial charge in [-0.05, 0) is 25.0 Å². The van der Waals surface area contributed by atoms with E-state index in [1.54, 1.807) is 18.1 Å². The van der Waals surface area contributed by atoms with Gasteiger partial charge in [0.05, 0.1) is 17.4 Å². The van der Waals surface area contributed by atoms with E-state index >= 15 is 0 Å². The monoisotopic (exact) mass is 326 g/mol. The first-order valence-electron chi connectivity index (χ1n) is 7.97. The first kappa shape index (κ1) is 14.7. The largest absolute Gasteiger partial charge is 0.339 e. The number of carbonyl (C=O) groups excluding carboxylic acids is 1. The molecule has 8 nitrogen and oxygen atoms in total. The van der Waals surface area contributed by atoms with E-state index < -0.39 is 0 Å². The molecule has 2 amide bonds. The molecule has 1 aliphatic carbocycles. The summed E-state index contributed by atoms with van der Waals surface area (Å²) in [6.45, 7) is 0.511. The Morgan fingerprint density at radius 2 is 2.33 bits per heavy atom. The number of H-pyrrole nitrogens is 1. The van der Waals surface area contributed by atoms with Crippen LogP contribution in [0.2, 0.25) is 0 Å². The van der Waals surface area contributed by atoms with E-state index in [2.05, 4.69) is 25.7 Å². The molecule has 8 heteroatoms. The van der Waals surface area contributed by atoms with Crippen molar-refractivity contribution in [2.45, 2.75) is 25.2 Å². The lowest BCUT2D eigenvalue weighted by Crippen LogP contribution is -2.33. The number of benzene rings is 1. The van der Waals surface area contributed by atoms with Gasteiger partial charge >= 0.3 is 6.03 Å². The Hall–Kier alpha value is -2.90. The average Bonchev–Trinajstić information content (AvgIpc) is 3.13. The number of amides is 2. The molecule has 0 radical (unpaired) electrons. The Morgan fingerprint density at radius 1 is 1.46 bits per heavy atom. The molecule has 0 aliphatic heterocycles. The highest BCUT2D eigenvalue weighted by atomic mass is 16.5. The molecule has 1 fully saturated rings. The molecular weight excluding hydrogens is 308 g/mol. The lowest BCUT2D eigenvalue weighted by Gasteiger charge is -2.17. The van der Waals surface area contributed by atoms with Crippen LogP contribution in [0.1, 0.15) is 30.5 Å². The number of nitrogens with one attached hydrogen (secondary N) is 2. The summed E-state index contributed by atoms with van der Waals surface area (Å²) in [4.78, 5) is 18.3. The summed E-state index contributed by atoms with van der Waals surface area (Å²) in [6, 6.07) is 5.45. The maximum absolute atomic E-state index is 12.3. The van der Waals surface area contributed by atoms with Crippen molar-refractivity contribution in [2.75, 3.05) is 18.9 Å². The molecule has 0 atom stereocenters.